The highest BCUT2D eigenvalue weighted by molar-refractivity contribution is 6.07. The Balaban J connectivity index is 1.66. The van der Waals surface area contributed by atoms with Crippen LogP contribution >= 0.6 is 0 Å². The highest BCUT2D eigenvalue weighted by Crippen LogP contribution is 2.51. The number of benzene rings is 1. The van der Waals surface area contributed by atoms with Gasteiger partial charge >= 0.3 is 0 Å². The van der Waals surface area contributed by atoms with E-state index in [1.807, 2.05) is 49.4 Å². The lowest BCUT2D eigenvalue weighted by Gasteiger charge is -2.24. The van der Waals surface area contributed by atoms with E-state index in [1.165, 1.54) is 4.90 Å². The van der Waals surface area contributed by atoms with Gasteiger partial charge in [-0.15, -0.1) is 0 Å². The first kappa shape index (κ1) is 11.9. The maximum Gasteiger partial charge on any atom is 0.236 e. The number of rotatable bonds is 2. The van der Waals surface area contributed by atoms with Gasteiger partial charge in [-0.3, -0.25) is 14.5 Å². The Kier molecular flexibility index (Phi) is 2.25. The number of likely N-dealkylation sites (tertiary alicyclic amines) is 1. The van der Waals surface area contributed by atoms with Crippen molar-refractivity contribution in [2.75, 3.05) is 0 Å². The summed E-state index contributed by atoms with van der Waals surface area (Å²) in [6.07, 6.45) is 3.61. The van der Waals surface area contributed by atoms with Crippen molar-refractivity contribution in [2.24, 2.45) is 11.8 Å². The topological polar surface area (TPSA) is 46.6 Å². The standard InChI is InChI=1S/C16H15NO3/c1-16-8-7-11(20-16)12-13(16)15(19)17(14(12)18)9-10-5-3-2-4-6-10/h2-8,11-13H,9H2,1H3/t11-,12-,13-,16-/m1/s1. The van der Waals surface area contributed by atoms with Gasteiger partial charge in [-0.25, -0.2) is 0 Å². The van der Waals surface area contributed by atoms with Crippen LogP contribution < -0.4 is 0 Å². The first-order valence-electron chi connectivity index (χ1n) is 6.86. The van der Waals surface area contributed by atoms with Gasteiger partial charge in [-0.1, -0.05) is 42.5 Å². The zero-order chi connectivity index (χ0) is 13.9. The molecule has 0 unspecified atom stereocenters. The van der Waals surface area contributed by atoms with Crippen molar-refractivity contribution in [1.82, 2.24) is 4.90 Å². The number of hydrogen-bond acceptors (Lipinski definition) is 3. The van der Waals surface area contributed by atoms with Crippen LogP contribution in [0.1, 0.15) is 12.5 Å². The minimum Gasteiger partial charge on any atom is -0.362 e. The largest absolute Gasteiger partial charge is 0.362 e. The SMILES string of the molecule is C[C@]12C=C[C@@H](O1)[C@H]1C(=O)N(Cc3ccccc3)C(=O)[C@@H]12. The predicted molar refractivity (Wildman–Crippen MR) is 71.4 cm³/mol. The first-order chi connectivity index (χ1) is 9.60. The Bertz CT molecular complexity index is 624. The summed E-state index contributed by atoms with van der Waals surface area (Å²) in [4.78, 5) is 26.5. The summed E-state index contributed by atoms with van der Waals surface area (Å²) >= 11 is 0. The maximum absolute atomic E-state index is 12.6. The molecule has 4 heteroatoms. The molecule has 2 fully saturated rings. The van der Waals surface area contributed by atoms with Crippen molar-refractivity contribution >= 4 is 11.8 Å². The molecule has 4 rings (SSSR count). The van der Waals surface area contributed by atoms with Crippen LogP contribution in [0.15, 0.2) is 42.5 Å². The van der Waals surface area contributed by atoms with Gasteiger partial charge in [0.05, 0.1) is 30.1 Å². The smallest absolute Gasteiger partial charge is 0.236 e. The number of hydrogen-bond donors (Lipinski definition) is 0. The molecule has 0 saturated carbocycles. The Labute approximate surface area is 117 Å². The molecule has 0 N–H and O–H groups in total. The molecule has 1 aromatic rings. The van der Waals surface area contributed by atoms with Gasteiger partial charge in [0.2, 0.25) is 11.8 Å². The molecule has 0 aromatic heterocycles. The fourth-order valence-corrected chi connectivity index (χ4v) is 3.63. The molecule has 2 bridgehead atoms. The van der Waals surface area contributed by atoms with Gasteiger partial charge in [0.1, 0.15) is 0 Å². The Morgan fingerprint density at radius 3 is 2.65 bits per heavy atom. The van der Waals surface area contributed by atoms with Crippen LogP contribution in [0.25, 0.3) is 0 Å². The molecule has 4 nitrogen and oxygen atoms in total. The van der Waals surface area contributed by atoms with E-state index < -0.39 is 5.60 Å². The van der Waals surface area contributed by atoms with Crippen LogP contribution in [0.2, 0.25) is 0 Å². The zero-order valence-corrected chi connectivity index (χ0v) is 11.2. The number of carbonyl (C=O) groups excluding carboxylic acids is 2. The van der Waals surface area contributed by atoms with Crippen LogP contribution in [-0.2, 0) is 20.9 Å². The van der Waals surface area contributed by atoms with E-state index in [0.717, 1.165) is 5.56 Å². The van der Waals surface area contributed by atoms with E-state index in [0.29, 0.717) is 6.54 Å². The maximum atomic E-state index is 12.6. The summed E-state index contributed by atoms with van der Waals surface area (Å²) in [5.41, 5.74) is 0.369. The van der Waals surface area contributed by atoms with Crippen LogP contribution in [0, 0.1) is 11.8 Å². The second kappa shape index (κ2) is 3.79. The third kappa shape index (κ3) is 1.40. The third-order valence-corrected chi connectivity index (χ3v) is 4.60. The van der Waals surface area contributed by atoms with E-state index in [4.69, 9.17) is 4.74 Å². The molecule has 3 aliphatic heterocycles. The number of carbonyl (C=O) groups is 2. The van der Waals surface area contributed by atoms with E-state index in [-0.39, 0.29) is 29.8 Å². The average Bonchev–Trinajstić information content (AvgIpc) is 3.04. The molecule has 20 heavy (non-hydrogen) atoms. The van der Waals surface area contributed by atoms with E-state index in [2.05, 4.69) is 0 Å². The van der Waals surface area contributed by atoms with Gasteiger partial charge in [0.25, 0.3) is 0 Å². The first-order valence-corrected chi connectivity index (χ1v) is 6.86. The van der Waals surface area contributed by atoms with Crippen LogP contribution in [0.5, 0.6) is 0 Å². The van der Waals surface area contributed by atoms with Crippen LogP contribution in [0.4, 0.5) is 0 Å². The number of amides is 2. The van der Waals surface area contributed by atoms with Crippen LogP contribution in [-0.4, -0.2) is 28.4 Å². The fourth-order valence-electron chi connectivity index (χ4n) is 3.63. The normalized spacial score (nSPS) is 37.9. The van der Waals surface area contributed by atoms with E-state index in [9.17, 15) is 9.59 Å². The number of nitrogens with zero attached hydrogens (tertiary/aromatic N) is 1. The summed E-state index contributed by atoms with van der Waals surface area (Å²) in [5, 5.41) is 0. The van der Waals surface area contributed by atoms with E-state index >= 15 is 0 Å². The summed E-state index contributed by atoms with van der Waals surface area (Å²) in [5.74, 6) is -0.880. The predicted octanol–water partition coefficient (Wildman–Crippen LogP) is 1.52. The highest BCUT2D eigenvalue weighted by atomic mass is 16.5. The van der Waals surface area contributed by atoms with Crippen molar-refractivity contribution < 1.29 is 14.3 Å². The van der Waals surface area contributed by atoms with Gasteiger partial charge in [-0.2, -0.15) is 0 Å². The number of imide groups is 1. The Morgan fingerprint density at radius 1 is 1.20 bits per heavy atom. The van der Waals surface area contributed by atoms with Gasteiger partial charge in [0.15, 0.2) is 0 Å². The minimum absolute atomic E-state index is 0.0954. The molecule has 3 heterocycles. The summed E-state index contributed by atoms with van der Waals surface area (Å²) < 4.78 is 5.79. The molecule has 2 saturated heterocycles. The lowest BCUT2D eigenvalue weighted by molar-refractivity contribution is -0.144. The monoisotopic (exact) mass is 269 g/mol. The molecule has 3 aliphatic rings. The van der Waals surface area contributed by atoms with Crippen molar-refractivity contribution in [3.8, 4) is 0 Å². The third-order valence-electron chi connectivity index (χ3n) is 4.60. The van der Waals surface area contributed by atoms with Crippen molar-refractivity contribution in [3.05, 3.63) is 48.0 Å². The molecule has 0 spiro atoms. The molecule has 102 valence electrons. The molecule has 0 radical (unpaired) electrons. The minimum atomic E-state index is -0.604. The summed E-state index contributed by atoms with van der Waals surface area (Å²) in [6.45, 7) is 2.25. The quantitative estimate of drug-likeness (QED) is 0.604. The highest BCUT2D eigenvalue weighted by Gasteiger charge is 2.65. The Hall–Kier alpha value is -1.94. The van der Waals surface area contributed by atoms with E-state index in [1.54, 1.807) is 0 Å². The van der Waals surface area contributed by atoms with Crippen molar-refractivity contribution in [2.45, 2.75) is 25.2 Å². The number of ether oxygens (including phenoxy) is 1. The molecule has 2 amide bonds. The zero-order valence-electron chi connectivity index (χ0n) is 11.2. The average molecular weight is 269 g/mol. The molecule has 0 aliphatic carbocycles. The lowest BCUT2D eigenvalue weighted by Crippen LogP contribution is -2.38. The van der Waals surface area contributed by atoms with Gasteiger partial charge < -0.3 is 4.74 Å². The van der Waals surface area contributed by atoms with Gasteiger partial charge in [-0.05, 0) is 12.5 Å². The summed E-state index contributed by atoms with van der Waals surface area (Å²) in [7, 11) is 0. The lowest BCUT2D eigenvalue weighted by atomic mass is 9.78. The van der Waals surface area contributed by atoms with Gasteiger partial charge in [0, 0.05) is 0 Å². The molecular formula is C16H15NO3. The summed E-state index contributed by atoms with van der Waals surface area (Å²) in [6, 6.07) is 9.61. The number of fused-ring (bicyclic) bond motifs is 5. The molecule has 1 aromatic carbocycles. The molecular weight excluding hydrogens is 254 g/mol. The second-order valence-electron chi connectivity index (χ2n) is 5.88. The molecule has 4 atom stereocenters. The Morgan fingerprint density at radius 2 is 1.95 bits per heavy atom. The fraction of sp³-hybridized carbons (Fsp3) is 0.375. The second-order valence-corrected chi connectivity index (χ2v) is 5.88. The van der Waals surface area contributed by atoms with Crippen molar-refractivity contribution in [1.29, 1.82) is 0 Å². The van der Waals surface area contributed by atoms with Crippen molar-refractivity contribution in [3.63, 3.8) is 0 Å². The van der Waals surface area contributed by atoms with Crippen LogP contribution in [0.3, 0.4) is 0 Å².